The Labute approximate surface area is 306 Å². The fraction of sp³-hybridized carbons (Fsp3) is 0.263. The first kappa shape index (κ1) is 38.4. The average molecular weight is 738 g/mol. The number of hydrogen-bond acceptors (Lipinski definition) is 8. The number of rotatable bonds is 5. The standard InChI is InChI=1S/C17H15ClN2O2.C13H9ClN2O.C4H7ClO.C4H8O/c1-10(2)16(21)19-13-6-3-11(4-7-13)17-20-14-8-5-12(18)9-15(14)22-17;14-9-3-6-11-12(7-9)17-13(16-11)8-1-4-10(15)5-2-8;1-3(2)4(5)6;1-2-4-5-3-1/h3-10H,1-2H3,(H,19,21);1-7H,15H2;3H,1-2H3;1-4H2. The number of carbonyl (C=O) groups excluding carboxylic acids is 2. The molecule has 1 amide bonds. The molecule has 262 valence electrons. The molecule has 1 fully saturated rings. The van der Waals surface area contributed by atoms with Crippen LogP contribution in [0.4, 0.5) is 11.4 Å². The molecule has 0 unspecified atom stereocenters. The molecule has 0 radical (unpaired) electrons. The van der Waals surface area contributed by atoms with Crippen LogP contribution < -0.4 is 11.1 Å². The lowest BCUT2D eigenvalue weighted by atomic mass is 10.1. The Morgan fingerprint density at radius 2 is 1.14 bits per heavy atom. The molecule has 3 N–H and O–H groups in total. The highest BCUT2D eigenvalue weighted by Crippen LogP contribution is 2.28. The highest BCUT2D eigenvalue weighted by atomic mass is 35.5. The van der Waals surface area contributed by atoms with Crippen LogP contribution in [0.3, 0.4) is 0 Å². The summed E-state index contributed by atoms with van der Waals surface area (Å²) < 4.78 is 16.3. The number of halogens is 3. The molecule has 0 saturated carbocycles. The van der Waals surface area contributed by atoms with Crippen LogP contribution >= 0.6 is 34.8 Å². The minimum Gasteiger partial charge on any atom is -0.436 e. The molecule has 4 aromatic carbocycles. The summed E-state index contributed by atoms with van der Waals surface area (Å²) >= 11 is 16.8. The molecule has 0 spiro atoms. The molecule has 1 saturated heterocycles. The van der Waals surface area contributed by atoms with Gasteiger partial charge in [-0.3, -0.25) is 9.59 Å². The van der Waals surface area contributed by atoms with Crippen molar-refractivity contribution in [3.05, 3.63) is 95.0 Å². The first-order valence-electron chi connectivity index (χ1n) is 16.1. The largest absolute Gasteiger partial charge is 0.436 e. The maximum atomic E-state index is 11.7. The van der Waals surface area contributed by atoms with Gasteiger partial charge in [0.25, 0.3) is 0 Å². The van der Waals surface area contributed by atoms with Gasteiger partial charge in [-0.05, 0) is 97.2 Å². The minimum atomic E-state index is -0.269. The topological polar surface area (TPSA) is 133 Å². The molecule has 6 aromatic rings. The lowest BCUT2D eigenvalue weighted by Crippen LogP contribution is -2.17. The van der Waals surface area contributed by atoms with Gasteiger partial charge in [-0.2, -0.15) is 0 Å². The number of aromatic nitrogens is 2. The van der Waals surface area contributed by atoms with Crippen LogP contribution in [0.15, 0.2) is 93.8 Å². The van der Waals surface area contributed by atoms with E-state index in [1.807, 2.05) is 74.5 Å². The third-order valence-corrected chi connectivity index (χ3v) is 7.97. The number of anilines is 2. The minimum absolute atomic E-state index is 0.00995. The Kier molecular flexibility index (Phi) is 14.2. The van der Waals surface area contributed by atoms with E-state index < -0.39 is 0 Å². The molecular weight excluding hydrogens is 699 g/mol. The second kappa shape index (κ2) is 18.5. The normalized spacial score (nSPS) is 12.1. The predicted molar refractivity (Wildman–Crippen MR) is 203 cm³/mol. The molecular formula is C38H39Cl3N4O5. The van der Waals surface area contributed by atoms with Crippen LogP contribution in [0, 0.1) is 11.8 Å². The van der Waals surface area contributed by atoms with E-state index in [4.69, 9.17) is 54.1 Å². The summed E-state index contributed by atoms with van der Waals surface area (Å²) in [5.74, 6) is 1.01. The van der Waals surface area contributed by atoms with Gasteiger partial charge in [-0.1, -0.05) is 50.9 Å². The fourth-order valence-corrected chi connectivity index (χ4v) is 4.49. The lowest BCUT2D eigenvalue weighted by molar-refractivity contribution is -0.119. The quantitative estimate of drug-likeness (QED) is 0.132. The number of fused-ring (bicyclic) bond motifs is 2. The number of oxazole rings is 2. The number of carbonyl (C=O) groups is 2. The summed E-state index contributed by atoms with van der Waals surface area (Å²) in [7, 11) is 0. The van der Waals surface area contributed by atoms with Crippen molar-refractivity contribution in [2.75, 3.05) is 24.3 Å². The van der Waals surface area contributed by atoms with Crippen LogP contribution in [0.25, 0.3) is 45.1 Å². The van der Waals surface area contributed by atoms with E-state index in [1.165, 1.54) is 12.8 Å². The molecule has 1 aliphatic rings. The summed E-state index contributed by atoms with van der Waals surface area (Å²) in [6, 6.07) is 25.5. The zero-order chi connectivity index (χ0) is 36.2. The van der Waals surface area contributed by atoms with E-state index in [2.05, 4.69) is 15.3 Å². The Balaban J connectivity index is 0.000000176. The summed E-state index contributed by atoms with van der Waals surface area (Å²) in [5.41, 5.74) is 11.7. The summed E-state index contributed by atoms with van der Waals surface area (Å²) in [6.07, 6.45) is 2.56. The monoisotopic (exact) mass is 736 g/mol. The number of nitrogens with two attached hydrogens (primary N) is 1. The van der Waals surface area contributed by atoms with Gasteiger partial charge in [0.15, 0.2) is 11.2 Å². The van der Waals surface area contributed by atoms with Crippen molar-refractivity contribution in [3.63, 3.8) is 0 Å². The van der Waals surface area contributed by atoms with Crippen LogP contribution in [0.5, 0.6) is 0 Å². The van der Waals surface area contributed by atoms with E-state index in [9.17, 15) is 9.59 Å². The first-order valence-corrected chi connectivity index (χ1v) is 17.2. The predicted octanol–water partition coefficient (Wildman–Crippen LogP) is 10.7. The second-order valence-electron chi connectivity index (χ2n) is 11.9. The molecule has 12 heteroatoms. The fourth-order valence-electron chi connectivity index (χ4n) is 4.16. The summed E-state index contributed by atoms with van der Waals surface area (Å²) in [4.78, 5) is 30.4. The van der Waals surface area contributed by atoms with Gasteiger partial charge >= 0.3 is 0 Å². The molecule has 0 aliphatic carbocycles. The molecule has 2 aromatic heterocycles. The van der Waals surface area contributed by atoms with Gasteiger partial charge in [-0.15, -0.1) is 0 Å². The van der Waals surface area contributed by atoms with Crippen molar-refractivity contribution in [2.45, 2.75) is 40.5 Å². The summed E-state index contributed by atoms with van der Waals surface area (Å²) in [6.45, 7) is 9.23. The van der Waals surface area contributed by atoms with Gasteiger partial charge in [0, 0.05) is 69.7 Å². The Hall–Kier alpha value is -4.41. The van der Waals surface area contributed by atoms with Crippen molar-refractivity contribution in [2.24, 2.45) is 11.8 Å². The average Bonchev–Trinajstić information content (AvgIpc) is 3.88. The third kappa shape index (κ3) is 11.6. The van der Waals surface area contributed by atoms with Gasteiger partial charge in [0.2, 0.25) is 22.9 Å². The van der Waals surface area contributed by atoms with Gasteiger partial charge in [0.1, 0.15) is 11.0 Å². The lowest BCUT2D eigenvalue weighted by Gasteiger charge is -2.07. The number of benzene rings is 4. The number of hydrogen-bond donors (Lipinski definition) is 2. The molecule has 50 heavy (non-hydrogen) atoms. The van der Waals surface area contributed by atoms with E-state index in [1.54, 1.807) is 38.1 Å². The van der Waals surface area contributed by atoms with Crippen molar-refractivity contribution < 1.29 is 23.2 Å². The number of ether oxygens (including phenoxy) is 1. The van der Waals surface area contributed by atoms with Crippen LogP contribution in [-0.4, -0.2) is 34.3 Å². The maximum Gasteiger partial charge on any atom is 0.227 e. The zero-order valence-electron chi connectivity index (χ0n) is 28.2. The smallest absolute Gasteiger partial charge is 0.227 e. The molecule has 3 heterocycles. The number of nitrogens with zero attached hydrogens (tertiary/aromatic N) is 2. The van der Waals surface area contributed by atoms with Crippen molar-refractivity contribution in [1.82, 2.24) is 9.97 Å². The van der Waals surface area contributed by atoms with Crippen LogP contribution in [0.2, 0.25) is 10.0 Å². The highest BCUT2D eigenvalue weighted by molar-refractivity contribution is 6.63. The van der Waals surface area contributed by atoms with E-state index in [0.29, 0.717) is 38.7 Å². The third-order valence-electron chi connectivity index (χ3n) is 7.06. The number of nitrogens with one attached hydrogen (secondary N) is 1. The van der Waals surface area contributed by atoms with Crippen molar-refractivity contribution in [1.29, 1.82) is 0 Å². The Morgan fingerprint density at radius 3 is 1.52 bits per heavy atom. The molecule has 9 nitrogen and oxygen atoms in total. The van der Waals surface area contributed by atoms with Crippen molar-refractivity contribution in [3.8, 4) is 22.9 Å². The Morgan fingerprint density at radius 1 is 0.700 bits per heavy atom. The SMILES string of the molecule is C1CCOC1.CC(C)C(=O)Cl.CC(C)C(=O)Nc1ccc(-c2nc3ccc(Cl)cc3o2)cc1.Nc1ccc(-c2nc3ccc(Cl)cc3o2)cc1. The van der Waals surface area contributed by atoms with Crippen LogP contribution in [-0.2, 0) is 14.3 Å². The molecule has 1 aliphatic heterocycles. The van der Waals surface area contributed by atoms with E-state index in [-0.39, 0.29) is 23.0 Å². The van der Waals surface area contributed by atoms with Gasteiger partial charge in [-0.25, -0.2) is 9.97 Å². The first-order chi connectivity index (χ1) is 23.9. The molecule has 0 atom stereocenters. The van der Waals surface area contributed by atoms with Crippen molar-refractivity contribution >= 4 is 79.5 Å². The summed E-state index contributed by atoms with van der Waals surface area (Å²) in [5, 5.41) is 3.83. The molecule has 0 bridgehead atoms. The van der Waals surface area contributed by atoms with Gasteiger partial charge < -0.3 is 24.6 Å². The second-order valence-corrected chi connectivity index (χ2v) is 13.1. The maximum absolute atomic E-state index is 11.7. The number of amides is 1. The highest BCUT2D eigenvalue weighted by Gasteiger charge is 2.11. The Bertz CT molecular complexity index is 1990. The van der Waals surface area contributed by atoms with E-state index in [0.717, 1.165) is 41.1 Å². The zero-order valence-corrected chi connectivity index (χ0v) is 30.5. The number of nitrogen functional groups attached to an aromatic ring is 1. The van der Waals surface area contributed by atoms with Crippen LogP contribution in [0.1, 0.15) is 40.5 Å². The van der Waals surface area contributed by atoms with E-state index >= 15 is 0 Å². The molecule has 7 rings (SSSR count). The van der Waals surface area contributed by atoms with Gasteiger partial charge in [0.05, 0.1) is 0 Å².